The third kappa shape index (κ3) is 8.07. The lowest BCUT2D eigenvalue weighted by Crippen LogP contribution is -2.46. The van der Waals surface area contributed by atoms with Crippen LogP contribution in [0, 0.1) is 0 Å². The van der Waals surface area contributed by atoms with Gasteiger partial charge in [0.1, 0.15) is 0 Å². The molecule has 0 bridgehead atoms. The van der Waals surface area contributed by atoms with Gasteiger partial charge in [0, 0.05) is 39.8 Å². The molecule has 0 N–H and O–H groups in total. The molecule has 1 saturated heterocycles. The van der Waals surface area contributed by atoms with Gasteiger partial charge < -0.3 is 13.9 Å². The van der Waals surface area contributed by atoms with E-state index < -0.39 is 24.6 Å². The van der Waals surface area contributed by atoms with Gasteiger partial charge in [0.25, 0.3) is 0 Å². The van der Waals surface area contributed by atoms with Gasteiger partial charge in [-0.2, -0.15) is 4.31 Å². The van der Waals surface area contributed by atoms with Crippen LogP contribution in [-0.2, 0) is 23.9 Å². The second-order valence-electron chi connectivity index (χ2n) is 9.50. The van der Waals surface area contributed by atoms with Crippen molar-refractivity contribution in [2.24, 2.45) is 0 Å². The quantitative estimate of drug-likeness (QED) is 0.189. The number of rotatable bonds is 12. The van der Waals surface area contributed by atoms with Gasteiger partial charge >= 0.3 is 0 Å². The number of nitrogens with zero attached hydrogens (tertiary/aromatic N) is 1. The highest BCUT2D eigenvalue weighted by molar-refractivity contribution is 7.89. The van der Waals surface area contributed by atoms with Crippen molar-refractivity contribution in [3.63, 3.8) is 0 Å². The minimum absolute atomic E-state index is 0.0254. The van der Waals surface area contributed by atoms with Gasteiger partial charge in [-0.25, -0.2) is 8.42 Å². The van der Waals surface area contributed by atoms with Crippen molar-refractivity contribution >= 4 is 18.3 Å². The summed E-state index contributed by atoms with van der Waals surface area (Å²) >= 11 is 0. The molecule has 0 saturated carbocycles. The molecule has 1 rings (SSSR count). The topological polar surface area (TPSA) is 65.1 Å². The van der Waals surface area contributed by atoms with Gasteiger partial charge in [0.2, 0.25) is 10.0 Å². The lowest BCUT2D eigenvalue weighted by Gasteiger charge is -2.37. The van der Waals surface area contributed by atoms with Crippen LogP contribution in [0.15, 0.2) is 12.2 Å². The standard InChI is InChI=1S/C21H43NO5SSi/c1-18(12-11-16-27-29(7,8)21(2,3)4)19-13-9-10-15-22(19)28(23,24)17-14-20(25-5)26-6/h19-20H,1,9-17H2,2-8H3. The molecule has 1 aliphatic heterocycles. The highest BCUT2D eigenvalue weighted by Crippen LogP contribution is 2.36. The Labute approximate surface area is 180 Å². The molecular formula is C21H43NO5SSi. The van der Waals surface area contributed by atoms with Crippen LogP contribution in [0.3, 0.4) is 0 Å². The number of methoxy groups -OCH3 is 2. The van der Waals surface area contributed by atoms with Crippen LogP contribution in [0.1, 0.15) is 59.3 Å². The zero-order valence-electron chi connectivity index (χ0n) is 19.6. The zero-order chi connectivity index (χ0) is 22.3. The summed E-state index contributed by atoms with van der Waals surface area (Å²) in [5.41, 5.74) is 1.00. The summed E-state index contributed by atoms with van der Waals surface area (Å²) in [6, 6.07) is -0.106. The molecule has 29 heavy (non-hydrogen) atoms. The maximum atomic E-state index is 13.0. The molecule has 172 valence electrons. The Bertz CT molecular complexity index is 611. The molecule has 8 heteroatoms. The van der Waals surface area contributed by atoms with Gasteiger partial charge in [0.05, 0.1) is 5.75 Å². The molecule has 1 heterocycles. The third-order valence-electron chi connectivity index (χ3n) is 6.33. The Balaban J connectivity index is 2.64. The Morgan fingerprint density at radius 3 is 2.38 bits per heavy atom. The van der Waals surface area contributed by atoms with Crippen molar-refractivity contribution in [1.29, 1.82) is 0 Å². The first-order chi connectivity index (χ1) is 13.4. The summed E-state index contributed by atoms with van der Waals surface area (Å²) in [6.07, 6.45) is 4.29. The van der Waals surface area contributed by atoms with Crippen molar-refractivity contribution in [3.05, 3.63) is 12.2 Å². The molecule has 0 amide bonds. The van der Waals surface area contributed by atoms with E-state index in [4.69, 9.17) is 13.9 Å². The molecule has 0 aromatic rings. The summed E-state index contributed by atoms with van der Waals surface area (Å²) in [5, 5.41) is 0.195. The van der Waals surface area contributed by atoms with Gasteiger partial charge in [-0.15, -0.1) is 0 Å². The molecule has 1 atom stereocenters. The summed E-state index contributed by atoms with van der Waals surface area (Å²) in [7, 11) is -2.07. The van der Waals surface area contributed by atoms with Crippen LogP contribution in [0.4, 0.5) is 0 Å². The van der Waals surface area contributed by atoms with Crippen molar-refractivity contribution in [2.45, 2.75) is 89.8 Å². The largest absolute Gasteiger partial charge is 0.417 e. The van der Waals surface area contributed by atoms with Gasteiger partial charge in [0.15, 0.2) is 14.6 Å². The number of piperidine rings is 1. The summed E-state index contributed by atoms with van der Waals surface area (Å²) in [4.78, 5) is 0. The Morgan fingerprint density at radius 2 is 1.83 bits per heavy atom. The average molecular weight is 450 g/mol. The molecule has 1 unspecified atom stereocenters. The van der Waals surface area contributed by atoms with Crippen LogP contribution >= 0.6 is 0 Å². The van der Waals surface area contributed by atoms with Crippen molar-refractivity contribution in [1.82, 2.24) is 4.31 Å². The maximum absolute atomic E-state index is 13.0. The monoisotopic (exact) mass is 449 g/mol. The minimum Gasteiger partial charge on any atom is -0.417 e. The Kier molecular flexibility index (Phi) is 10.5. The first kappa shape index (κ1) is 26.8. The Hall–Kier alpha value is -0.253. The molecule has 0 spiro atoms. The predicted molar refractivity (Wildman–Crippen MR) is 122 cm³/mol. The molecule has 1 fully saturated rings. The van der Waals surface area contributed by atoms with Gasteiger partial charge in [-0.05, 0) is 43.8 Å². The smallest absolute Gasteiger partial charge is 0.214 e. The first-order valence-electron chi connectivity index (χ1n) is 10.7. The van der Waals surface area contributed by atoms with Crippen LogP contribution in [0.2, 0.25) is 18.1 Å². The van der Waals surface area contributed by atoms with E-state index in [1.165, 1.54) is 14.2 Å². The van der Waals surface area contributed by atoms with E-state index >= 15 is 0 Å². The number of hydrogen-bond acceptors (Lipinski definition) is 5. The molecular weight excluding hydrogens is 406 g/mol. The van der Waals surface area contributed by atoms with Crippen LogP contribution in [0.5, 0.6) is 0 Å². The SMILES string of the molecule is C=C(CCCO[Si](C)(C)C(C)(C)C)C1CCCCN1S(=O)(=O)CCC(OC)OC. The summed E-state index contributed by atoms with van der Waals surface area (Å²) in [6.45, 7) is 16.7. The van der Waals surface area contributed by atoms with Gasteiger partial charge in [-0.1, -0.05) is 39.3 Å². The molecule has 0 aliphatic carbocycles. The molecule has 0 aromatic heterocycles. The van der Waals surface area contributed by atoms with E-state index in [1.807, 2.05) is 0 Å². The van der Waals surface area contributed by atoms with E-state index in [9.17, 15) is 8.42 Å². The average Bonchev–Trinajstić information content (AvgIpc) is 2.65. The number of sulfonamides is 1. The second kappa shape index (κ2) is 11.4. The summed E-state index contributed by atoms with van der Waals surface area (Å²) in [5.74, 6) is 0.0254. The fourth-order valence-corrected chi connectivity index (χ4v) is 6.21. The van der Waals surface area contributed by atoms with Gasteiger partial charge in [-0.3, -0.25) is 0 Å². The summed E-state index contributed by atoms with van der Waals surface area (Å²) < 4.78 is 44.1. The number of hydrogen-bond donors (Lipinski definition) is 0. The molecule has 6 nitrogen and oxygen atoms in total. The van der Waals surface area contributed by atoms with Crippen molar-refractivity contribution < 1.29 is 22.3 Å². The fraction of sp³-hybridized carbons (Fsp3) is 0.905. The molecule has 0 aromatic carbocycles. The van der Waals surface area contributed by atoms with Crippen molar-refractivity contribution in [3.8, 4) is 0 Å². The normalized spacial score (nSPS) is 19.7. The van der Waals surface area contributed by atoms with E-state index in [1.54, 1.807) is 4.31 Å². The van der Waals surface area contributed by atoms with E-state index in [-0.39, 0.29) is 16.8 Å². The van der Waals surface area contributed by atoms with Crippen LogP contribution < -0.4 is 0 Å². The Morgan fingerprint density at radius 1 is 1.21 bits per heavy atom. The lowest BCUT2D eigenvalue weighted by atomic mass is 9.95. The highest BCUT2D eigenvalue weighted by Gasteiger charge is 2.37. The van der Waals surface area contributed by atoms with E-state index in [0.717, 1.165) is 37.7 Å². The second-order valence-corrected chi connectivity index (χ2v) is 16.3. The third-order valence-corrected chi connectivity index (χ3v) is 12.8. The maximum Gasteiger partial charge on any atom is 0.214 e. The zero-order valence-corrected chi connectivity index (χ0v) is 21.4. The first-order valence-corrected chi connectivity index (χ1v) is 15.2. The van der Waals surface area contributed by atoms with Crippen molar-refractivity contribution in [2.75, 3.05) is 33.1 Å². The fourth-order valence-electron chi connectivity index (χ4n) is 3.35. The van der Waals surface area contributed by atoms with E-state index in [2.05, 4.69) is 40.4 Å². The lowest BCUT2D eigenvalue weighted by molar-refractivity contribution is -0.102. The molecule has 1 aliphatic rings. The number of ether oxygens (including phenoxy) is 2. The van der Waals surface area contributed by atoms with Crippen LogP contribution in [0.25, 0.3) is 0 Å². The highest BCUT2D eigenvalue weighted by atomic mass is 32.2. The van der Waals surface area contributed by atoms with E-state index in [0.29, 0.717) is 19.6 Å². The predicted octanol–water partition coefficient (Wildman–Crippen LogP) is 4.54. The van der Waals surface area contributed by atoms with Crippen LogP contribution in [-0.4, -0.2) is 66.5 Å². The minimum atomic E-state index is -3.38. The molecule has 0 radical (unpaired) electrons.